The second kappa shape index (κ2) is 9.12. The Balaban J connectivity index is 1.20. The van der Waals surface area contributed by atoms with Crippen LogP contribution in [0.15, 0.2) is 65.7 Å². The van der Waals surface area contributed by atoms with E-state index in [1.165, 1.54) is 5.56 Å². The van der Waals surface area contributed by atoms with E-state index in [0.717, 1.165) is 66.5 Å². The molecule has 172 valence electrons. The number of fused-ring (bicyclic) bond motifs is 1. The van der Waals surface area contributed by atoms with Crippen molar-refractivity contribution in [3.63, 3.8) is 0 Å². The SMILES string of the molecule is [C-]#[N+]c1ccc2[nH]cc(CCN3CCN(c4ccc(-n5cc(F)cc(F)c5=O)cc4)CC3)c2c1. The van der Waals surface area contributed by atoms with Crippen LogP contribution in [0.1, 0.15) is 5.56 Å². The normalized spacial score (nSPS) is 14.4. The maximum Gasteiger partial charge on any atom is 0.291 e. The van der Waals surface area contributed by atoms with Crippen LogP contribution in [-0.2, 0) is 6.42 Å². The van der Waals surface area contributed by atoms with Crippen LogP contribution in [-0.4, -0.2) is 47.2 Å². The van der Waals surface area contributed by atoms with Gasteiger partial charge in [-0.2, -0.15) is 0 Å². The fraction of sp³-hybridized carbons (Fsp3) is 0.231. The van der Waals surface area contributed by atoms with Gasteiger partial charge in [-0.25, -0.2) is 13.6 Å². The van der Waals surface area contributed by atoms with Gasteiger partial charge in [0.25, 0.3) is 5.56 Å². The number of aromatic nitrogens is 2. The van der Waals surface area contributed by atoms with Crippen molar-refractivity contribution in [3.05, 3.63) is 99.9 Å². The van der Waals surface area contributed by atoms with Gasteiger partial charge in [0, 0.05) is 68.1 Å². The molecule has 1 saturated heterocycles. The van der Waals surface area contributed by atoms with Crippen LogP contribution < -0.4 is 10.5 Å². The molecule has 0 saturated carbocycles. The Morgan fingerprint density at radius 2 is 1.71 bits per heavy atom. The third-order valence-electron chi connectivity index (χ3n) is 6.38. The summed E-state index contributed by atoms with van der Waals surface area (Å²) in [6, 6.07) is 13.5. The summed E-state index contributed by atoms with van der Waals surface area (Å²) in [6.07, 6.45) is 3.94. The first-order chi connectivity index (χ1) is 16.5. The molecular formula is C26H23F2N5O. The summed E-state index contributed by atoms with van der Waals surface area (Å²) in [4.78, 5) is 23.5. The van der Waals surface area contributed by atoms with Gasteiger partial charge in [0.2, 0.25) is 0 Å². The first-order valence-electron chi connectivity index (χ1n) is 11.1. The summed E-state index contributed by atoms with van der Waals surface area (Å²) in [5.41, 5.74) is 3.49. The van der Waals surface area contributed by atoms with E-state index in [4.69, 9.17) is 6.57 Å². The lowest BCUT2D eigenvalue weighted by Gasteiger charge is -2.36. The molecule has 2 aromatic carbocycles. The molecule has 1 aliphatic heterocycles. The molecule has 0 radical (unpaired) electrons. The molecule has 0 aliphatic carbocycles. The molecule has 5 rings (SSSR count). The minimum absolute atomic E-state index is 0.422. The van der Waals surface area contributed by atoms with Crippen LogP contribution in [0, 0.1) is 18.2 Å². The number of H-pyrrole nitrogens is 1. The second-order valence-electron chi connectivity index (χ2n) is 8.43. The summed E-state index contributed by atoms with van der Waals surface area (Å²) >= 11 is 0. The fourth-order valence-corrected chi connectivity index (χ4v) is 4.48. The molecule has 3 heterocycles. The first-order valence-corrected chi connectivity index (χ1v) is 11.1. The largest absolute Gasteiger partial charge is 0.369 e. The van der Waals surface area contributed by atoms with E-state index in [9.17, 15) is 13.6 Å². The zero-order valence-electron chi connectivity index (χ0n) is 18.5. The van der Waals surface area contributed by atoms with Crippen molar-refractivity contribution < 1.29 is 8.78 Å². The van der Waals surface area contributed by atoms with Gasteiger partial charge in [-0.3, -0.25) is 14.3 Å². The predicted molar refractivity (Wildman–Crippen MR) is 129 cm³/mol. The third kappa shape index (κ3) is 4.30. The molecule has 0 spiro atoms. The number of benzene rings is 2. The zero-order valence-corrected chi connectivity index (χ0v) is 18.5. The lowest BCUT2D eigenvalue weighted by molar-refractivity contribution is 0.261. The lowest BCUT2D eigenvalue weighted by atomic mass is 10.1. The summed E-state index contributed by atoms with van der Waals surface area (Å²) in [6.45, 7) is 11.7. The molecule has 0 bridgehead atoms. The van der Waals surface area contributed by atoms with Gasteiger partial charge in [0.15, 0.2) is 11.5 Å². The van der Waals surface area contributed by atoms with Crippen LogP contribution >= 0.6 is 0 Å². The van der Waals surface area contributed by atoms with Gasteiger partial charge in [0.1, 0.15) is 5.82 Å². The quantitative estimate of drug-likeness (QED) is 0.447. The van der Waals surface area contributed by atoms with E-state index in [1.807, 2.05) is 36.5 Å². The van der Waals surface area contributed by atoms with Crippen LogP contribution in [0.4, 0.5) is 20.2 Å². The standard InChI is InChI=1S/C26H23F2N5O/c1-29-20-2-7-25-23(15-20)18(16-30-25)8-9-31-10-12-32(13-11-31)21-3-5-22(6-4-21)33-17-19(27)14-24(28)26(33)34/h2-7,14-17,30H,8-13H2. The molecule has 0 amide bonds. The van der Waals surface area contributed by atoms with E-state index in [1.54, 1.807) is 12.1 Å². The van der Waals surface area contributed by atoms with Crippen LogP contribution in [0.5, 0.6) is 0 Å². The minimum Gasteiger partial charge on any atom is -0.369 e. The molecule has 0 atom stereocenters. The summed E-state index contributed by atoms with van der Waals surface area (Å²) in [5, 5.41) is 1.12. The van der Waals surface area contributed by atoms with Crippen molar-refractivity contribution in [2.75, 3.05) is 37.6 Å². The van der Waals surface area contributed by atoms with Gasteiger partial charge in [-0.15, -0.1) is 0 Å². The highest BCUT2D eigenvalue weighted by Gasteiger charge is 2.18. The Hall–Kier alpha value is -3.96. The Morgan fingerprint density at radius 3 is 2.44 bits per heavy atom. The molecule has 6 nitrogen and oxygen atoms in total. The topological polar surface area (TPSA) is 48.6 Å². The average Bonchev–Trinajstić information content (AvgIpc) is 3.27. The molecule has 34 heavy (non-hydrogen) atoms. The van der Waals surface area contributed by atoms with Crippen molar-refractivity contribution in [3.8, 4) is 5.69 Å². The summed E-state index contributed by atoms with van der Waals surface area (Å²) in [5.74, 6) is -1.91. The van der Waals surface area contributed by atoms with Gasteiger partial charge in [-0.05, 0) is 53.8 Å². The number of hydrogen-bond donors (Lipinski definition) is 1. The van der Waals surface area contributed by atoms with Crippen molar-refractivity contribution >= 4 is 22.3 Å². The number of aromatic amines is 1. The summed E-state index contributed by atoms with van der Waals surface area (Å²) < 4.78 is 28.1. The third-order valence-corrected chi connectivity index (χ3v) is 6.38. The van der Waals surface area contributed by atoms with E-state index < -0.39 is 17.2 Å². The molecular weight excluding hydrogens is 436 g/mol. The highest BCUT2D eigenvalue weighted by molar-refractivity contribution is 5.86. The molecule has 8 heteroatoms. The minimum atomic E-state index is -1.11. The van der Waals surface area contributed by atoms with Gasteiger partial charge in [0.05, 0.1) is 6.57 Å². The highest BCUT2D eigenvalue weighted by Crippen LogP contribution is 2.25. The van der Waals surface area contributed by atoms with E-state index in [0.29, 0.717) is 17.4 Å². The Morgan fingerprint density at radius 1 is 0.971 bits per heavy atom. The number of piperazine rings is 1. The fourth-order valence-electron chi connectivity index (χ4n) is 4.48. The number of nitrogens with one attached hydrogen (secondary N) is 1. The number of anilines is 1. The molecule has 1 aliphatic rings. The monoisotopic (exact) mass is 459 g/mol. The van der Waals surface area contributed by atoms with Gasteiger partial charge in [-0.1, -0.05) is 6.07 Å². The van der Waals surface area contributed by atoms with Crippen molar-refractivity contribution in [2.24, 2.45) is 0 Å². The maximum atomic E-state index is 13.6. The smallest absolute Gasteiger partial charge is 0.291 e. The van der Waals surface area contributed by atoms with E-state index >= 15 is 0 Å². The number of rotatable bonds is 5. The second-order valence-corrected chi connectivity index (χ2v) is 8.43. The molecule has 2 aromatic heterocycles. The highest BCUT2D eigenvalue weighted by atomic mass is 19.1. The molecule has 0 unspecified atom stereocenters. The Bertz CT molecular complexity index is 1430. The van der Waals surface area contributed by atoms with E-state index in [-0.39, 0.29) is 0 Å². The predicted octanol–water partition coefficient (Wildman–Crippen LogP) is 4.51. The van der Waals surface area contributed by atoms with Crippen molar-refractivity contribution in [2.45, 2.75) is 6.42 Å². The molecule has 1 N–H and O–H groups in total. The van der Waals surface area contributed by atoms with Crippen LogP contribution in [0.25, 0.3) is 21.4 Å². The average molecular weight is 460 g/mol. The van der Waals surface area contributed by atoms with E-state index in [2.05, 4.69) is 19.6 Å². The van der Waals surface area contributed by atoms with Crippen molar-refractivity contribution in [1.82, 2.24) is 14.5 Å². The molecule has 4 aromatic rings. The van der Waals surface area contributed by atoms with Gasteiger partial charge < -0.3 is 9.88 Å². The van der Waals surface area contributed by atoms with Crippen molar-refractivity contribution in [1.29, 1.82) is 0 Å². The number of nitrogens with zero attached hydrogens (tertiary/aromatic N) is 4. The zero-order chi connectivity index (χ0) is 23.7. The summed E-state index contributed by atoms with van der Waals surface area (Å²) in [7, 11) is 0. The number of hydrogen-bond acceptors (Lipinski definition) is 3. The number of halogens is 2. The maximum absolute atomic E-state index is 13.6. The lowest BCUT2D eigenvalue weighted by Crippen LogP contribution is -2.47. The number of pyridine rings is 1. The Kier molecular flexibility index (Phi) is 5.86. The van der Waals surface area contributed by atoms with Crippen LogP contribution in [0.2, 0.25) is 0 Å². The molecule has 1 fully saturated rings. The van der Waals surface area contributed by atoms with Crippen LogP contribution in [0.3, 0.4) is 0 Å². The first kappa shape index (κ1) is 21.9. The van der Waals surface area contributed by atoms with Gasteiger partial charge >= 0.3 is 0 Å². The Labute approximate surface area is 195 Å².